The number of carbonyl (C=O) groups is 1. The number of fused-ring (bicyclic) bond motifs is 1. The van der Waals surface area contributed by atoms with Crippen molar-refractivity contribution in [2.45, 2.75) is 32.1 Å². The third-order valence-electron chi connectivity index (χ3n) is 3.38. The summed E-state index contributed by atoms with van der Waals surface area (Å²) in [5.74, 6) is -0.158. The first kappa shape index (κ1) is 15.2. The monoisotopic (exact) mass is 288 g/mol. The van der Waals surface area contributed by atoms with Gasteiger partial charge in [-0.3, -0.25) is 0 Å². The maximum atomic E-state index is 10.6. The highest BCUT2D eigenvalue weighted by Crippen LogP contribution is 2.06. The van der Waals surface area contributed by atoms with Gasteiger partial charge in [-0.05, 0) is 6.42 Å². The number of nitrogens with zero attached hydrogens (tertiary/aromatic N) is 2. The summed E-state index contributed by atoms with van der Waals surface area (Å²) in [4.78, 5) is 14.7. The Kier molecular flexibility index (Phi) is 5.48. The van der Waals surface area contributed by atoms with Gasteiger partial charge in [0.15, 0.2) is 0 Å². The van der Waals surface area contributed by atoms with Crippen LogP contribution in [0.1, 0.15) is 17.8 Å². The van der Waals surface area contributed by atoms with Crippen LogP contribution in [0, 0.1) is 0 Å². The predicted molar refractivity (Wildman–Crippen MR) is 75.5 cm³/mol. The lowest BCUT2D eigenvalue weighted by Gasteiger charge is -2.15. The zero-order valence-corrected chi connectivity index (χ0v) is 11.9. The quantitative estimate of drug-likeness (QED) is 0.735. The molecular weight excluding hydrogens is 268 g/mol. The number of nitrogens with one attached hydrogen (secondary N) is 1. The lowest BCUT2D eigenvalue weighted by Crippen LogP contribution is -2.47. The van der Waals surface area contributed by atoms with E-state index in [1.54, 1.807) is 6.20 Å². The normalized spacial score (nSPS) is 17.1. The number of carboxylic acid groups (broad SMARTS) is 1. The maximum Gasteiger partial charge on any atom is 0.122 e. The molecule has 21 heavy (non-hydrogen) atoms. The van der Waals surface area contributed by atoms with Gasteiger partial charge in [-0.1, -0.05) is 30.3 Å². The van der Waals surface area contributed by atoms with E-state index in [0.29, 0.717) is 19.5 Å². The van der Waals surface area contributed by atoms with Crippen LogP contribution >= 0.6 is 0 Å². The van der Waals surface area contributed by atoms with Gasteiger partial charge in [0.2, 0.25) is 0 Å². The number of imidazole rings is 1. The highest BCUT2D eigenvalue weighted by molar-refractivity contribution is 5.71. The van der Waals surface area contributed by atoms with Crippen molar-refractivity contribution >= 4 is 5.97 Å². The fourth-order valence-electron chi connectivity index (χ4n) is 2.14. The topological polar surface area (TPSA) is 97.6 Å². The summed E-state index contributed by atoms with van der Waals surface area (Å²) in [6, 6.07) is 9.67. The van der Waals surface area contributed by atoms with Crippen LogP contribution in [-0.4, -0.2) is 21.6 Å². The summed E-state index contributed by atoms with van der Waals surface area (Å²) in [5, 5.41) is 13.5. The van der Waals surface area contributed by atoms with Gasteiger partial charge in [0, 0.05) is 30.5 Å². The number of aryl methyl sites for hydroxylation is 1. The molecule has 1 aromatic carbocycles. The van der Waals surface area contributed by atoms with E-state index in [1.165, 1.54) is 5.56 Å². The molecule has 0 aliphatic carbocycles. The number of aliphatic carboxylic acids is 1. The van der Waals surface area contributed by atoms with Crippen molar-refractivity contribution in [3.05, 3.63) is 54.1 Å². The molecule has 1 unspecified atom stereocenters. The summed E-state index contributed by atoms with van der Waals surface area (Å²) in [5.41, 5.74) is 5.05. The largest absolute Gasteiger partial charge is 0.548 e. The summed E-state index contributed by atoms with van der Waals surface area (Å²) in [7, 11) is 0. The first-order valence-corrected chi connectivity index (χ1v) is 6.98. The van der Waals surface area contributed by atoms with Crippen molar-refractivity contribution in [2.24, 2.45) is 0 Å². The summed E-state index contributed by atoms with van der Waals surface area (Å²) < 4.78 is 1.95. The number of aromatic nitrogens is 2. The fourth-order valence-corrected chi connectivity index (χ4v) is 2.14. The number of carboxylic acids is 1. The Hall–Kier alpha value is -2.18. The van der Waals surface area contributed by atoms with Crippen molar-refractivity contribution < 1.29 is 15.6 Å². The fraction of sp³-hybridized carbons (Fsp3) is 0.333. The molecule has 6 heteroatoms. The van der Waals surface area contributed by atoms with Crippen LogP contribution in [0.3, 0.4) is 0 Å². The van der Waals surface area contributed by atoms with E-state index in [0.717, 1.165) is 12.4 Å². The standard InChI is InChI=1S/C8H11N3O2.C7H9N/c12-8(13)6-1-3-11-4-2-9-7(11)5-10-6;8-6-7-4-2-1-3-5-7/h2,4,6,10H,1,3,5H2,(H,12,13);1-5H,6,8H2. The zero-order valence-electron chi connectivity index (χ0n) is 11.9. The molecule has 6 nitrogen and oxygen atoms in total. The van der Waals surface area contributed by atoms with Gasteiger partial charge in [0.05, 0.1) is 19.1 Å². The number of carbonyl (C=O) groups excluding carboxylic acids is 1. The molecule has 2 aromatic rings. The van der Waals surface area contributed by atoms with Crippen LogP contribution in [0.2, 0.25) is 0 Å². The molecule has 1 aliphatic heterocycles. The Labute approximate surface area is 123 Å². The van der Waals surface area contributed by atoms with Gasteiger partial charge in [0.1, 0.15) is 5.82 Å². The smallest absolute Gasteiger partial charge is 0.122 e. The zero-order chi connectivity index (χ0) is 15.1. The van der Waals surface area contributed by atoms with Crippen LogP contribution in [0.4, 0.5) is 0 Å². The highest BCUT2D eigenvalue weighted by atomic mass is 16.4. The van der Waals surface area contributed by atoms with Gasteiger partial charge in [0.25, 0.3) is 0 Å². The van der Waals surface area contributed by atoms with Gasteiger partial charge >= 0.3 is 0 Å². The molecule has 1 atom stereocenters. The first-order valence-electron chi connectivity index (χ1n) is 6.98. The molecule has 2 heterocycles. The number of rotatable bonds is 2. The second-order valence-corrected chi connectivity index (χ2v) is 4.81. The van der Waals surface area contributed by atoms with Crippen molar-refractivity contribution in [1.29, 1.82) is 0 Å². The molecule has 1 aliphatic rings. The van der Waals surface area contributed by atoms with Gasteiger partial charge in [-0.25, -0.2) is 4.98 Å². The second-order valence-electron chi connectivity index (χ2n) is 4.81. The van der Waals surface area contributed by atoms with Gasteiger partial charge in [-0.15, -0.1) is 0 Å². The van der Waals surface area contributed by atoms with Crippen LogP contribution in [-0.2, 0) is 24.4 Å². The molecule has 0 fully saturated rings. The van der Waals surface area contributed by atoms with E-state index < -0.39 is 12.0 Å². The Bertz CT molecular complexity index is 546. The van der Waals surface area contributed by atoms with Crippen molar-refractivity contribution in [2.75, 3.05) is 0 Å². The van der Waals surface area contributed by atoms with Crippen LogP contribution in [0.15, 0.2) is 42.7 Å². The summed E-state index contributed by atoms with van der Waals surface area (Å²) in [6.45, 7) is 2.06. The number of hydrogen-bond donors (Lipinski definition) is 2. The molecule has 0 amide bonds. The Morgan fingerprint density at radius 2 is 2.19 bits per heavy atom. The minimum atomic E-state index is -1.04. The highest BCUT2D eigenvalue weighted by Gasteiger charge is 2.15. The number of benzene rings is 1. The van der Waals surface area contributed by atoms with Crippen LogP contribution < -0.4 is 16.2 Å². The van der Waals surface area contributed by atoms with Gasteiger partial charge in [-0.2, -0.15) is 0 Å². The third kappa shape index (κ3) is 4.40. The van der Waals surface area contributed by atoms with E-state index >= 15 is 0 Å². The van der Waals surface area contributed by atoms with E-state index in [2.05, 4.69) is 28.2 Å². The number of hydrogen-bond acceptors (Lipinski definition) is 4. The van der Waals surface area contributed by atoms with Crippen molar-refractivity contribution in [1.82, 2.24) is 14.9 Å². The lowest BCUT2D eigenvalue weighted by atomic mass is 10.2. The molecule has 1 aromatic heterocycles. The number of quaternary nitrogens is 1. The van der Waals surface area contributed by atoms with Crippen LogP contribution in [0.25, 0.3) is 0 Å². The van der Waals surface area contributed by atoms with Crippen LogP contribution in [0.5, 0.6) is 0 Å². The molecule has 0 bridgehead atoms. The lowest BCUT2D eigenvalue weighted by molar-refractivity contribution is -0.386. The van der Waals surface area contributed by atoms with Gasteiger partial charge < -0.3 is 25.5 Å². The molecule has 4 N–H and O–H groups in total. The first-order chi connectivity index (χ1) is 10.2. The minimum absolute atomic E-state index is 0.492. The molecule has 0 spiro atoms. The Morgan fingerprint density at radius 1 is 1.43 bits per heavy atom. The molecular formula is C15H20N4O2. The molecule has 3 rings (SSSR count). The predicted octanol–water partition coefficient (Wildman–Crippen LogP) is -1.08. The van der Waals surface area contributed by atoms with E-state index in [4.69, 9.17) is 0 Å². The SMILES string of the molecule is O=C([O-])C1CCn2ccnc2CN1.[NH3+]Cc1ccccc1. The van der Waals surface area contributed by atoms with E-state index in [9.17, 15) is 9.90 Å². The molecule has 0 saturated heterocycles. The third-order valence-corrected chi connectivity index (χ3v) is 3.38. The summed E-state index contributed by atoms with van der Waals surface area (Å²) >= 11 is 0. The average Bonchev–Trinajstić information content (AvgIpc) is 2.87. The minimum Gasteiger partial charge on any atom is -0.548 e. The Balaban J connectivity index is 0.000000173. The summed E-state index contributed by atoms with van der Waals surface area (Å²) in [6.07, 6.45) is 4.12. The maximum absolute atomic E-state index is 10.6. The Morgan fingerprint density at radius 3 is 2.81 bits per heavy atom. The molecule has 0 radical (unpaired) electrons. The molecule has 112 valence electrons. The van der Waals surface area contributed by atoms with Crippen molar-refractivity contribution in [3.63, 3.8) is 0 Å². The average molecular weight is 288 g/mol. The van der Waals surface area contributed by atoms with Crippen molar-refractivity contribution in [3.8, 4) is 0 Å². The second kappa shape index (κ2) is 7.56. The van der Waals surface area contributed by atoms with E-state index in [1.807, 2.05) is 29.0 Å². The van der Waals surface area contributed by atoms with E-state index in [-0.39, 0.29) is 0 Å². The molecule has 0 saturated carbocycles.